The summed E-state index contributed by atoms with van der Waals surface area (Å²) in [5.74, 6) is 0. The molecule has 0 amide bonds. The van der Waals surface area contributed by atoms with Crippen molar-refractivity contribution in [2.75, 3.05) is 0 Å². The molecule has 0 saturated carbocycles. The maximum absolute atomic E-state index is 3.87. The Morgan fingerprint density at radius 1 is 1.50 bits per heavy atom. The summed E-state index contributed by atoms with van der Waals surface area (Å²) in [6, 6.07) is 0. The molecule has 1 heteroatoms. The maximum Gasteiger partial charge on any atom is 0.0748 e. The van der Waals surface area contributed by atoms with E-state index in [1.165, 1.54) is 0 Å². The highest BCUT2D eigenvalue weighted by Gasteiger charge is 2.13. The summed E-state index contributed by atoms with van der Waals surface area (Å²) < 4.78 is 0. The van der Waals surface area contributed by atoms with Crippen molar-refractivity contribution in [2.45, 2.75) is 26.3 Å². The third-order valence-electron chi connectivity index (χ3n) is 1.44. The van der Waals surface area contributed by atoms with E-state index in [1.54, 1.807) is 0 Å². The van der Waals surface area contributed by atoms with Gasteiger partial charge in [0.25, 0.3) is 0 Å². The zero-order valence-corrected chi connectivity index (χ0v) is 5.86. The molecule has 0 radical (unpaired) electrons. The molecule has 0 spiro atoms. The fraction of sp³-hybridized carbons (Fsp3) is 0.571. The molecule has 0 aliphatic heterocycles. The molecule has 0 heterocycles. The van der Waals surface area contributed by atoms with Gasteiger partial charge in [-0.25, -0.2) is 0 Å². The monoisotopic (exact) mass is 111 g/mol. The van der Waals surface area contributed by atoms with Crippen LogP contribution in [0.5, 0.6) is 0 Å². The van der Waals surface area contributed by atoms with E-state index in [9.17, 15) is 0 Å². The van der Waals surface area contributed by atoms with Crippen molar-refractivity contribution in [3.63, 3.8) is 0 Å². The first kappa shape index (κ1) is 7.41. The van der Waals surface area contributed by atoms with E-state index in [0.717, 1.165) is 5.57 Å². The Labute approximate surface area is 51.1 Å². The Bertz CT molecular complexity index is 112. The van der Waals surface area contributed by atoms with Gasteiger partial charge in [-0.3, -0.25) is 4.99 Å². The Balaban J connectivity index is 4.12. The lowest BCUT2D eigenvalue weighted by molar-refractivity contribution is 0.622. The molecule has 0 aliphatic carbocycles. The van der Waals surface area contributed by atoms with E-state index in [4.69, 9.17) is 0 Å². The largest absolute Gasteiger partial charge is 0.290 e. The normalized spacial score (nSPS) is 10.9. The van der Waals surface area contributed by atoms with Gasteiger partial charge in [0.15, 0.2) is 0 Å². The van der Waals surface area contributed by atoms with Gasteiger partial charge in [-0.1, -0.05) is 12.2 Å². The minimum absolute atomic E-state index is 0.139. The minimum atomic E-state index is -0.139. The van der Waals surface area contributed by atoms with Crippen LogP contribution in [0.25, 0.3) is 0 Å². The molecule has 0 unspecified atom stereocenters. The second kappa shape index (κ2) is 2.12. The quantitative estimate of drug-likeness (QED) is 0.382. The second-order valence-electron chi connectivity index (χ2n) is 2.50. The first-order valence-electron chi connectivity index (χ1n) is 2.64. The topological polar surface area (TPSA) is 12.4 Å². The summed E-state index contributed by atoms with van der Waals surface area (Å²) in [7, 11) is 0. The van der Waals surface area contributed by atoms with Gasteiger partial charge in [0.1, 0.15) is 0 Å². The number of hydrogen-bond acceptors (Lipinski definition) is 1. The van der Waals surface area contributed by atoms with E-state index in [0.29, 0.717) is 0 Å². The van der Waals surface area contributed by atoms with Crippen molar-refractivity contribution >= 4 is 6.72 Å². The minimum Gasteiger partial charge on any atom is -0.290 e. The average Bonchev–Trinajstić information content (AvgIpc) is 1.67. The van der Waals surface area contributed by atoms with Gasteiger partial charge in [-0.15, -0.1) is 0 Å². The predicted molar refractivity (Wildman–Crippen MR) is 38.4 cm³/mol. The van der Waals surface area contributed by atoms with Gasteiger partial charge in [0.05, 0.1) is 5.54 Å². The zero-order chi connectivity index (χ0) is 6.78. The van der Waals surface area contributed by atoms with Crippen LogP contribution in [0.3, 0.4) is 0 Å². The SMILES string of the molecule is C=NC(C)(C)C(=C)C. The van der Waals surface area contributed by atoms with Gasteiger partial charge < -0.3 is 0 Å². The number of rotatable bonds is 2. The van der Waals surface area contributed by atoms with Crippen LogP contribution in [0.2, 0.25) is 0 Å². The van der Waals surface area contributed by atoms with E-state index in [2.05, 4.69) is 18.3 Å². The van der Waals surface area contributed by atoms with Crippen LogP contribution >= 0.6 is 0 Å². The number of nitrogens with zero attached hydrogens (tertiary/aromatic N) is 1. The molecule has 0 aromatic rings. The molecule has 0 N–H and O–H groups in total. The van der Waals surface area contributed by atoms with Crippen molar-refractivity contribution in [3.05, 3.63) is 12.2 Å². The fourth-order valence-electron chi connectivity index (χ4n) is 0.135. The van der Waals surface area contributed by atoms with E-state index in [1.807, 2.05) is 20.8 Å². The van der Waals surface area contributed by atoms with E-state index in [-0.39, 0.29) is 5.54 Å². The Kier molecular flexibility index (Phi) is 1.96. The third-order valence-corrected chi connectivity index (χ3v) is 1.44. The number of hydrogen-bond donors (Lipinski definition) is 0. The summed E-state index contributed by atoms with van der Waals surface area (Å²) in [6.45, 7) is 13.1. The lowest BCUT2D eigenvalue weighted by atomic mass is 9.98. The highest BCUT2D eigenvalue weighted by Crippen LogP contribution is 2.16. The maximum atomic E-state index is 3.87. The molecular formula is C7H13N. The van der Waals surface area contributed by atoms with Gasteiger partial charge in [-0.2, -0.15) is 0 Å². The van der Waals surface area contributed by atoms with Crippen LogP contribution in [0, 0.1) is 0 Å². The Morgan fingerprint density at radius 3 is 1.88 bits per heavy atom. The lowest BCUT2D eigenvalue weighted by Crippen LogP contribution is -2.16. The summed E-state index contributed by atoms with van der Waals surface area (Å²) in [6.07, 6.45) is 0. The summed E-state index contributed by atoms with van der Waals surface area (Å²) in [5.41, 5.74) is 0.910. The first-order valence-corrected chi connectivity index (χ1v) is 2.64. The summed E-state index contributed by atoms with van der Waals surface area (Å²) in [5, 5.41) is 0. The molecule has 0 bridgehead atoms. The van der Waals surface area contributed by atoms with Crippen molar-refractivity contribution in [3.8, 4) is 0 Å². The van der Waals surface area contributed by atoms with Gasteiger partial charge in [-0.05, 0) is 27.5 Å². The Hall–Kier alpha value is -0.590. The smallest absolute Gasteiger partial charge is 0.0748 e. The van der Waals surface area contributed by atoms with Crippen LogP contribution in [0.15, 0.2) is 17.1 Å². The molecule has 0 saturated heterocycles. The fourth-order valence-corrected chi connectivity index (χ4v) is 0.135. The molecule has 0 aromatic heterocycles. The van der Waals surface area contributed by atoms with Crippen LogP contribution in [0.1, 0.15) is 20.8 Å². The van der Waals surface area contributed by atoms with Crippen LogP contribution in [0.4, 0.5) is 0 Å². The summed E-state index contributed by atoms with van der Waals surface area (Å²) in [4.78, 5) is 3.87. The van der Waals surface area contributed by atoms with Crippen molar-refractivity contribution in [1.82, 2.24) is 0 Å². The van der Waals surface area contributed by atoms with Gasteiger partial charge in [0.2, 0.25) is 0 Å². The standard InChI is InChI=1S/C7H13N/c1-6(2)7(3,4)8-5/h1,5H2,2-4H3. The second-order valence-corrected chi connectivity index (χ2v) is 2.50. The number of aliphatic imine (C=N–C) groups is 1. The van der Waals surface area contributed by atoms with Crippen LogP contribution in [-0.4, -0.2) is 12.3 Å². The van der Waals surface area contributed by atoms with Crippen molar-refractivity contribution in [2.24, 2.45) is 4.99 Å². The third kappa shape index (κ3) is 1.49. The molecule has 0 aliphatic rings. The van der Waals surface area contributed by atoms with Crippen LogP contribution in [-0.2, 0) is 0 Å². The molecule has 0 atom stereocenters. The lowest BCUT2D eigenvalue weighted by Gasteiger charge is -2.17. The average molecular weight is 111 g/mol. The first-order chi connectivity index (χ1) is 3.50. The Morgan fingerprint density at radius 2 is 1.88 bits per heavy atom. The van der Waals surface area contributed by atoms with Crippen molar-refractivity contribution < 1.29 is 0 Å². The van der Waals surface area contributed by atoms with Crippen molar-refractivity contribution in [1.29, 1.82) is 0 Å². The van der Waals surface area contributed by atoms with Crippen LogP contribution < -0.4 is 0 Å². The van der Waals surface area contributed by atoms with Gasteiger partial charge >= 0.3 is 0 Å². The van der Waals surface area contributed by atoms with E-state index >= 15 is 0 Å². The zero-order valence-electron chi connectivity index (χ0n) is 5.86. The predicted octanol–water partition coefficient (Wildman–Crippen LogP) is 2.04. The molecule has 0 fully saturated rings. The molecule has 1 nitrogen and oxygen atoms in total. The summed E-state index contributed by atoms with van der Waals surface area (Å²) >= 11 is 0. The van der Waals surface area contributed by atoms with Gasteiger partial charge in [0, 0.05) is 0 Å². The highest BCUT2D eigenvalue weighted by atomic mass is 14.8. The molecule has 46 valence electrons. The highest BCUT2D eigenvalue weighted by molar-refractivity contribution is 5.29. The molecular weight excluding hydrogens is 98.1 g/mol. The molecule has 8 heavy (non-hydrogen) atoms. The van der Waals surface area contributed by atoms with E-state index < -0.39 is 0 Å². The molecule has 0 aromatic carbocycles. The molecule has 0 rings (SSSR count).